The van der Waals surface area contributed by atoms with E-state index in [2.05, 4.69) is 101 Å². The van der Waals surface area contributed by atoms with E-state index in [1.54, 1.807) is 0 Å². The van der Waals surface area contributed by atoms with Crippen LogP contribution >= 0.6 is 0 Å². The number of fused-ring (bicyclic) bond motifs is 2. The van der Waals surface area contributed by atoms with Gasteiger partial charge in [0.2, 0.25) is 0 Å². The number of benzene rings is 3. The van der Waals surface area contributed by atoms with Gasteiger partial charge in [0.25, 0.3) is 0 Å². The van der Waals surface area contributed by atoms with Crippen molar-refractivity contribution in [2.45, 2.75) is 12.3 Å². The van der Waals surface area contributed by atoms with Crippen LogP contribution in [0.4, 0.5) is 0 Å². The van der Waals surface area contributed by atoms with Crippen molar-refractivity contribution >= 4 is 21.8 Å². The molecule has 0 unspecified atom stereocenters. The molecule has 0 radical (unpaired) electrons. The molecule has 0 fully saturated rings. The molecule has 26 heavy (non-hydrogen) atoms. The van der Waals surface area contributed by atoms with E-state index in [1.165, 1.54) is 38.8 Å². The maximum Gasteiger partial charge on any atom is 0.0456 e. The molecule has 0 bridgehead atoms. The zero-order chi connectivity index (χ0) is 17.3. The fourth-order valence-electron chi connectivity index (χ4n) is 3.80. The van der Waals surface area contributed by atoms with Gasteiger partial charge in [0.1, 0.15) is 0 Å². The fraction of sp³-hybridized carbons (Fsp3) is 0.0833. The zero-order valence-electron chi connectivity index (χ0n) is 14.4. The molecule has 5 rings (SSSR count). The molecular formula is C24H20N2. The third kappa shape index (κ3) is 2.70. The number of nitrogens with one attached hydrogen (secondary N) is 2. The lowest BCUT2D eigenvalue weighted by Gasteiger charge is -2.15. The summed E-state index contributed by atoms with van der Waals surface area (Å²) < 4.78 is 0. The normalized spacial score (nSPS) is 11.6. The molecule has 2 nitrogen and oxygen atoms in total. The Morgan fingerprint density at radius 2 is 1.08 bits per heavy atom. The number of hydrogen-bond donors (Lipinski definition) is 2. The van der Waals surface area contributed by atoms with Crippen LogP contribution in [0.1, 0.15) is 22.9 Å². The highest BCUT2D eigenvalue weighted by atomic mass is 14.8. The Bertz CT molecular complexity index is 1020. The first-order valence-electron chi connectivity index (χ1n) is 9.06. The molecular weight excluding hydrogens is 316 g/mol. The molecule has 126 valence electrons. The van der Waals surface area contributed by atoms with Crippen molar-refractivity contribution in [1.82, 2.24) is 9.97 Å². The molecule has 0 saturated carbocycles. The summed E-state index contributed by atoms with van der Waals surface area (Å²) in [7, 11) is 0. The van der Waals surface area contributed by atoms with Crippen LogP contribution in [-0.2, 0) is 6.42 Å². The number of rotatable bonds is 4. The van der Waals surface area contributed by atoms with Gasteiger partial charge in [-0.3, -0.25) is 0 Å². The average molecular weight is 336 g/mol. The second-order valence-electron chi connectivity index (χ2n) is 6.87. The minimum Gasteiger partial charge on any atom is -0.358 e. The summed E-state index contributed by atoms with van der Waals surface area (Å²) in [5, 5.41) is 2.52. The van der Waals surface area contributed by atoms with Crippen LogP contribution in [0, 0.1) is 0 Å². The van der Waals surface area contributed by atoms with Gasteiger partial charge in [-0.25, -0.2) is 0 Å². The third-order valence-corrected chi connectivity index (χ3v) is 5.14. The maximum atomic E-state index is 3.64. The molecule has 0 aliphatic rings. The van der Waals surface area contributed by atoms with Crippen molar-refractivity contribution in [3.8, 4) is 0 Å². The Morgan fingerprint density at radius 3 is 1.62 bits per heavy atom. The summed E-state index contributed by atoms with van der Waals surface area (Å²) in [5.74, 6) is 0.261. The Balaban J connectivity index is 1.64. The minimum absolute atomic E-state index is 0.261. The molecule has 0 atom stereocenters. The predicted octanol–water partition coefficient (Wildman–Crippen LogP) is 6.02. The van der Waals surface area contributed by atoms with E-state index in [9.17, 15) is 0 Å². The molecule has 5 aromatic rings. The fourth-order valence-corrected chi connectivity index (χ4v) is 3.80. The van der Waals surface area contributed by atoms with E-state index in [-0.39, 0.29) is 5.92 Å². The highest BCUT2D eigenvalue weighted by molar-refractivity contribution is 5.82. The SMILES string of the molecule is c1ccc(CC(c2cc3ccccc3[nH]2)c2cc3ccccc3[nH]2)cc1. The standard InChI is InChI=1S/C24H20N2/c1-2-8-17(9-3-1)14-20(23-15-18-10-4-6-12-21(18)25-23)24-16-19-11-5-7-13-22(19)26-24/h1-13,15-16,20,25-26H,14H2. The van der Waals surface area contributed by atoms with Crippen LogP contribution < -0.4 is 0 Å². The van der Waals surface area contributed by atoms with Crippen LogP contribution in [0.25, 0.3) is 21.8 Å². The van der Waals surface area contributed by atoms with Gasteiger partial charge in [0, 0.05) is 28.3 Å². The van der Waals surface area contributed by atoms with Gasteiger partial charge in [0.15, 0.2) is 0 Å². The Labute approximate surface area is 152 Å². The first-order chi connectivity index (χ1) is 12.9. The maximum absolute atomic E-state index is 3.64. The number of hydrogen-bond acceptors (Lipinski definition) is 0. The van der Waals surface area contributed by atoms with E-state index in [0.717, 1.165) is 6.42 Å². The van der Waals surface area contributed by atoms with E-state index in [0.29, 0.717) is 0 Å². The first-order valence-corrected chi connectivity index (χ1v) is 9.06. The number of aromatic nitrogens is 2. The highest BCUT2D eigenvalue weighted by Gasteiger charge is 2.19. The van der Waals surface area contributed by atoms with Crippen LogP contribution in [0.15, 0.2) is 91.0 Å². The molecule has 2 aromatic heterocycles. The third-order valence-electron chi connectivity index (χ3n) is 5.14. The Morgan fingerprint density at radius 1 is 0.577 bits per heavy atom. The van der Waals surface area contributed by atoms with Gasteiger partial charge in [-0.1, -0.05) is 66.7 Å². The summed E-state index contributed by atoms with van der Waals surface area (Å²) in [6, 6.07) is 32.3. The smallest absolute Gasteiger partial charge is 0.0456 e. The molecule has 0 saturated heterocycles. The summed E-state index contributed by atoms with van der Waals surface area (Å²) in [4.78, 5) is 7.28. The van der Waals surface area contributed by atoms with Crippen molar-refractivity contribution in [1.29, 1.82) is 0 Å². The molecule has 0 spiro atoms. The van der Waals surface area contributed by atoms with Crippen LogP contribution in [-0.4, -0.2) is 9.97 Å². The molecule has 2 heterocycles. The van der Waals surface area contributed by atoms with E-state index < -0.39 is 0 Å². The van der Waals surface area contributed by atoms with Crippen LogP contribution in [0.2, 0.25) is 0 Å². The van der Waals surface area contributed by atoms with Crippen LogP contribution in [0.5, 0.6) is 0 Å². The molecule has 0 aliphatic carbocycles. The van der Waals surface area contributed by atoms with Gasteiger partial charge in [-0.05, 0) is 47.0 Å². The lowest BCUT2D eigenvalue weighted by molar-refractivity contribution is 0.763. The summed E-state index contributed by atoms with van der Waals surface area (Å²) in [5.41, 5.74) is 6.23. The zero-order valence-corrected chi connectivity index (χ0v) is 14.4. The van der Waals surface area contributed by atoms with Crippen molar-refractivity contribution < 1.29 is 0 Å². The van der Waals surface area contributed by atoms with Crippen molar-refractivity contribution in [2.75, 3.05) is 0 Å². The topological polar surface area (TPSA) is 31.6 Å². The first kappa shape index (κ1) is 15.0. The quantitative estimate of drug-likeness (QED) is 0.402. The van der Waals surface area contributed by atoms with Gasteiger partial charge >= 0.3 is 0 Å². The number of H-pyrrole nitrogens is 2. The van der Waals surface area contributed by atoms with Crippen LogP contribution in [0.3, 0.4) is 0 Å². The van der Waals surface area contributed by atoms with E-state index >= 15 is 0 Å². The number of aromatic amines is 2. The lowest BCUT2D eigenvalue weighted by Crippen LogP contribution is -2.06. The van der Waals surface area contributed by atoms with Gasteiger partial charge in [-0.2, -0.15) is 0 Å². The molecule has 0 aliphatic heterocycles. The average Bonchev–Trinajstić information content (AvgIpc) is 3.30. The minimum atomic E-state index is 0.261. The van der Waals surface area contributed by atoms with Crippen molar-refractivity contribution in [3.63, 3.8) is 0 Å². The second-order valence-corrected chi connectivity index (χ2v) is 6.87. The van der Waals surface area contributed by atoms with Gasteiger partial charge in [-0.15, -0.1) is 0 Å². The van der Waals surface area contributed by atoms with Gasteiger partial charge < -0.3 is 9.97 Å². The monoisotopic (exact) mass is 336 g/mol. The second kappa shape index (κ2) is 6.23. The Hall–Kier alpha value is -3.26. The molecule has 0 amide bonds. The molecule has 2 N–H and O–H groups in total. The van der Waals surface area contributed by atoms with Gasteiger partial charge in [0.05, 0.1) is 0 Å². The Kier molecular flexibility index (Phi) is 3.60. The molecule has 2 heteroatoms. The highest BCUT2D eigenvalue weighted by Crippen LogP contribution is 2.32. The molecule has 3 aromatic carbocycles. The van der Waals surface area contributed by atoms with Crippen molar-refractivity contribution in [2.24, 2.45) is 0 Å². The number of para-hydroxylation sites is 2. The van der Waals surface area contributed by atoms with Crippen molar-refractivity contribution in [3.05, 3.63) is 108 Å². The predicted molar refractivity (Wildman–Crippen MR) is 109 cm³/mol. The summed E-state index contributed by atoms with van der Waals surface area (Å²) in [6.45, 7) is 0. The van der Waals surface area contributed by atoms with E-state index in [1.807, 2.05) is 0 Å². The summed E-state index contributed by atoms with van der Waals surface area (Å²) >= 11 is 0. The lowest BCUT2D eigenvalue weighted by atomic mass is 9.93. The van der Waals surface area contributed by atoms with E-state index in [4.69, 9.17) is 0 Å². The largest absolute Gasteiger partial charge is 0.358 e. The summed E-state index contributed by atoms with van der Waals surface area (Å²) in [6.07, 6.45) is 0.959.